The number of carbonyl (C=O) groups is 1. The fourth-order valence-electron chi connectivity index (χ4n) is 2.60. The molecule has 0 radical (unpaired) electrons. The summed E-state index contributed by atoms with van der Waals surface area (Å²) in [6.07, 6.45) is 6.19. The van der Waals surface area contributed by atoms with Gasteiger partial charge in [-0.15, -0.1) is 22.7 Å². The molecule has 128 valence electrons. The van der Waals surface area contributed by atoms with Crippen molar-refractivity contribution in [3.05, 3.63) is 51.7 Å². The van der Waals surface area contributed by atoms with Gasteiger partial charge in [-0.1, -0.05) is 26.2 Å². The van der Waals surface area contributed by atoms with Crippen LogP contribution in [0.3, 0.4) is 0 Å². The minimum atomic E-state index is -0.345. The molecule has 0 N–H and O–H groups in total. The second kappa shape index (κ2) is 8.28. The van der Waals surface area contributed by atoms with Crippen LogP contribution in [0.2, 0.25) is 0 Å². The molecule has 0 atom stereocenters. The monoisotopic (exact) mass is 369 g/mol. The number of benzene rings is 1. The molecule has 0 amide bonds. The van der Waals surface area contributed by atoms with Crippen molar-refractivity contribution in [3.63, 3.8) is 0 Å². The number of unbranched alkanes of at least 4 members (excludes halogenated alkanes) is 3. The Morgan fingerprint density at radius 3 is 2.60 bits per heavy atom. The number of aryl methyl sites for hydroxylation is 1. The molecule has 0 spiro atoms. The van der Waals surface area contributed by atoms with Crippen LogP contribution < -0.4 is 4.74 Å². The van der Waals surface area contributed by atoms with E-state index in [1.807, 2.05) is 12.1 Å². The standard InChI is InChI=1S/C20H19NO2S2/c1-2-3-4-5-6-17-11-15-12-18(25-20(15)24-17)19(22)23-16-9-7-14(13-21)8-10-16/h7-12H,2-6H2,1H3. The van der Waals surface area contributed by atoms with E-state index in [0.717, 1.165) is 11.8 Å². The van der Waals surface area contributed by atoms with Gasteiger partial charge < -0.3 is 4.74 Å². The molecule has 0 aliphatic carbocycles. The van der Waals surface area contributed by atoms with Crippen molar-refractivity contribution in [2.75, 3.05) is 0 Å². The number of ether oxygens (including phenoxy) is 1. The van der Waals surface area contributed by atoms with Crippen molar-refractivity contribution >= 4 is 38.0 Å². The fourth-order valence-corrected chi connectivity index (χ4v) is 5.00. The Bertz CT molecular complexity index is 869. The zero-order valence-electron chi connectivity index (χ0n) is 14.1. The molecule has 3 nitrogen and oxygen atoms in total. The van der Waals surface area contributed by atoms with E-state index in [-0.39, 0.29) is 5.97 Å². The fraction of sp³-hybridized carbons (Fsp3) is 0.300. The molecule has 0 fully saturated rings. The van der Waals surface area contributed by atoms with Crippen molar-refractivity contribution in [3.8, 4) is 11.8 Å². The minimum absolute atomic E-state index is 0.345. The molecule has 0 aliphatic heterocycles. The first-order chi connectivity index (χ1) is 12.2. The zero-order valence-corrected chi connectivity index (χ0v) is 15.7. The van der Waals surface area contributed by atoms with E-state index < -0.39 is 0 Å². The van der Waals surface area contributed by atoms with E-state index >= 15 is 0 Å². The first-order valence-electron chi connectivity index (χ1n) is 8.44. The average Bonchev–Trinajstić information content (AvgIpc) is 3.18. The molecule has 2 heterocycles. The Morgan fingerprint density at radius 1 is 1.12 bits per heavy atom. The normalized spacial score (nSPS) is 10.7. The number of esters is 1. The van der Waals surface area contributed by atoms with E-state index in [4.69, 9.17) is 10.00 Å². The number of hydrogen-bond acceptors (Lipinski definition) is 5. The van der Waals surface area contributed by atoms with Crippen LogP contribution in [0.1, 0.15) is 52.7 Å². The Labute approximate surface area is 155 Å². The quantitative estimate of drug-likeness (QED) is 0.284. The number of fused-ring (bicyclic) bond motifs is 1. The van der Waals surface area contributed by atoms with Gasteiger partial charge in [0.25, 0.3) is 0 Å². The molecular weight excluding hydrogens is 350 g/mol. The van der Waals surface area contributed by atoms with Crippen molar-refractivity contribution in [2.24, 2.45) is 0 Å². The van der Waals surface area contributed by atoms with Crippen molar-refractivity contribution in [1.82, 2.24) is 0 Å². The average molecular weight is 370 g/mol. The highest BCUT2D eigenvalue weighted by Gasteiger charge is 2.15. The molecule has 0 saturated carbocycles. The third-order valence-electron chi connectivity index (χ3n) is 3.94. The summed E-state index contributed by atoms with van der Waals surface area (Å²) in [6, 6.07) is 12.7. The first-order valence-corrected chi connectivity index (χ1v) is 10.1. The van der Waals surface area contributed by atoms with Crippen LogP contribution in [0.15, 0.2) is 36.4 Å². The van der Waals surface area contributed by atoms with Gasteiger partial charge >= 0.3 is 5.97 Å². The van der Waals surface area contributed by atoms with Crippen LogP contribution in [-0.2, 0) is 6.42 Å². The number of carbonyl (C=O) groups excluding carboxylic acids is 1. The summed E-state index contributed by atoms with van der Waals surface area (Å²) in [5, 5.41) is 9.93. The van der Waals surface area contributed by atoms with Gasteiger partial charge in [0.2, 0.25) is 0 Å². The smallest absolute Gasteiger partial charge is 0.353 e. The lowest BCUT2D eigenvalue weighted by atomic mass is 10.1. The molecule has 0 bridgehead atoms. The maximum atomic E-state index is 12.3. The predicted molar refractivity (Wildman–Crippen MR) is 104 cm³/mol. The molecule has 1 aromatic carbocycles. The number of hydrogen-bond donors (Lipinski definition) is 0. The van der Waals surface area contributed by atoms with Crippen molar-refractivity contribution in [1.29, 1.82) is 5.26 Å². The molecule has 3 rings (SSSR count). The van der Waals surface area contributed by atoms with Crippen LogP contribution in [0, 0.1) is 11.3 Å². The van der Waals surface area contributed by atoms with Gasteiger partial charge in [0.15, 0.2) is 0 Å². The van der Waals surface area contributed by atoms with Gasteiger partial charge in [-0.05, 0) is 49.2 Å². The Kier molecular flexibility index (Phi) is 5.85. The van der Waals surface area contributed by atoms with E-state index in [2.05, 4.69) is 13.0 Å². The van der Waals surface area contributed by atoms with Crippen LogP contribution >= 0.6 is 22.7 Å². The Hall–Kier alpha value is -2.16. The number of nitriles is 1. The summed E-state index contributed by atoms with van der Waals surface area (Å²) in [5.74, 6) is 0.111. The summed E-state index contributed by atoms with van der Waals surface area (Å²) in [6.45, 7) is 2.22. The number of rotatable bonds is 7. The van der Waals surface area contributed by atoms with Crippen molar-refractivity contribution < 1.29 is 9.53 Å². The van der Waals surface area contributed by atoms with Crippen LogP contribution in [0.25, 0.3) is 9.40 Å². The maximum absolute atomic E-state index is 12.3. The van der Waals surface area contributed by atoms with E-state index in [1.165, 1.54) is 45.9 Å². The number of thiophene rings is 2. The third kappa shape index (κ3) is 4.47. The third-order valence-corrected chi connectivity index (χ3v) is 6.37. The minimum Gasteiger partial charge on any atom is -0.422 e. The molecule has 2 aromatic heterocycles. The molecular formula is C20H19NO2S2. The van der Waals surface area contributed by atoms with Crippen LogP contribution in [0.5, 0.6) is 5.75 Å². The van der Waals surface area contributed by atoms with E-state index in [0.29, 0.717) is 16.2 Å². The first kappa shape index (κ1) is 17.7. The molecule has 5 heteroatoms. The number of nitrogens with zero attached hydrogens (tertiary/aromatic N) is 1. The summed E-state index contributed by atoms with van der Waals surface area (Å²) < 4.78 is 6.57. The van der Waals surface area contributed by atoms with Gasteiger partial charge in [-0.3, -0.25) is 0 Å². The molecule has 0 saturated heterocycles. The summed E-state index contributed by atoms with van der Waals surface area (Å²) in [7, 11) is 0. The summed E-state index contributed by atoms with van der Waals surface area (Å²) in [4.78, 5) is 14.3. The highest BCUT2D eigenvalue weighted by atomic mass is 32.2. The second-order valence-electron chi connectivity index (χ2n) is 5.90. The van der Waals surface area contributed by atoms with Gasteiger partial charge in [-0.2, -0.15) is 5.26 Å². The van der Waals surface area contributed by atoms with Gasteiger partial charge in [-0.25, -0.2) is 4.79 Å². The SMILES string of the molecule is CCCCCCc1cc2cc(C(=O)Oc3ccc(C#N)cc3)sc2s1. The summed E-state index contributed by atoms with van der Waals surface area (Å²) >= 11 is 3.27. The highest BCUT2D eigenvalue weighted by Crippen LogP contribution is 2.34. The lowest BCUT2D eigenvalue weighted by Crippen LogP contribution is -2.06. The molecule has 0 aliphatic rings. The van der Waals surface area contributed by atoms with Crippen LogP contribution in [0.4, 0.5) is 0 Å². The summed E-state index contributed by atoms with van der Waals surface area (Å²) in [5.41, 5.74) is 0.544. The maximum Gasteiger partial charge on any atom is 0.353 e. The molecule has 0 unspecified atom stereocenters. The Morgan fingerprint density at radius 2 is 1.92 bits per heavy atom. The lowest BCUT2D eigenvalue weighted by molar-refractivity contribution is 0.0740. The lowest BCUT2D eigenvalue weighted by Gasteiger charge is -2.02. The predicted octanol–water partition coefficient (Wildman–Crippen LogP) is 6.18. The topological polar surface area (TPSA) is 50.1 Å². The zero-order chi connectivity index (χ0) is 17.6. The second-order valence-corrected chi connectivity index (χ2v) is 8.35. The van der Waals surface area contributed by atoms with Crippen molar-refractivity contribution in [2.45, 2.75) is 39.0 Å². The van der Waals surface area contributed by atoms with Gasteiger partial charge in [0, 0.05) is 10.3 Å². The highest BCUT2D eigenvalue weighted by molar-refractivity contribution is 7.39. The van der Waals surface area contributed by atoms with Gasteiger partial charge in [0.1, 0.15) is 10.6 Å². The van der Waals surface area contributed by atoms with E-state index in [1.54, 1.807) is 35.6 Å². The molecule has 25 heavy (non-hydrogen) atoms. The molecule has 3 aromatic rings. The largest absolute Gasteiger partial charge is 0.422 e. The van der Waals surface area contributed by atoms with Gasteiger partial charge in [0.05, 0.1) is 15.6 Å². The Balaban J connectivity index is 1.63. The van der Waals surface area contributed by atoms with Crippen LogP contribution in [-0.4, -0.2) is 5.97 Å². The van der Waals surface area contributed by atoms with E-state index in [9.17, 15) is 4.79 Å².